The van der Waals surface area contributed by atoms with Crippen molar-refractivity contribution in [2.45, 2.75) is 59.0 Å². The van der Waals surface area contributed by atoms with Gasteiger partial charge in [0.1, 0.15) is 17.4 Å². The van der Waals surface area contributed by atoms with Gasteiger partial charge in [-0.2, -0.15) is 0 Å². The maximum atomic E-state index is 14.0. The van der Waals surface area contributed by atoms with Gasteiger partial charge in [0.15, 0.2) is 11.6 Å². The van der Waals surface area contributed by atoms with Crippen LogP contribution in [0.15, 0.2) is 36.4 Å². The van der Waals surface area contributed by atoms with Crippen LogP contribution in [0.5, 0.6) is 0 Å². The summed E-state index contributed by atoms with van der Waals surface area (Å²) in [4.78, 5) is 22.3. The van der Waals surface area contributed by atoms with Crippen molar-refractivity contribution in [1.82, 2.24) is 0 Å². The zero-order valence-corrected chi connectivity index (χ0v) is 26.0. The Morgan fingerprint density at radius 1 is 0.718 bits per heavy atom. The SMILES string of the molecule is C.C.COC(=O)CCC(OC)(OC)c1cc(I)ccc1F.COC(CCC(C)=O)(OC)c1cc(I)ccc1F. The van der Waals surface area contributed by atoms with Crippen molar-refractivity contribution in [2.24, 2.45) is 0 Å². The van der Waals surface area contributed by atoms with Gasteiger partial charge in [0, 0.05) is 66.0 Å². The van der Waals surface area contributed by atoms with E-state index < -0.39 is 29.2 Å². The molecule has 0 fully saturated rings. The van der Waals surface area contributed by atoms with Gasteiger partial charge < -0.3 is 28.5 Å². The second-order valence-electron chi connectivity index (χ2n) is 7.85. The number of Topliss-reactive ketones (excluding diaryl/α,β-unsaturated/α-hetero) is 1. The van der Waals surface area contributed by atoms with Crippen LogP contribution in [0.1, 0.15) is 58.6 Å². The molecule has 2 aromatic rings. The highest BCUT2D eigenvalue weighted by Crippen LogP contribution is 2.35. The number of halogens is 4. The molecular weight excluding hydrogens is 740 g/mol. The zero-order chi connectivity index (χ0) is 28.2. The van der Waals surface area contributed by atoms with Crippen LogP contribution in [0, 0.1) is 18.8 Å². The summed E-state index contributed by atoms with van der Waals surface area (Å²) in [6.07, 6.45) is 0.797. The minimum absolute atomic E-state index is 0. The number of ether oxygens (including phenoxy) is 5. The molecule has 0 unspecified atom stereocenters. The number of rotatable bonds is 12. The summed E-state index contributed by atoms with van der Waals surface area (Å²) in [6, 6.07) is 9.35. The fraction of sp³-hybridized carbons (Fsp3) is 0.500. The first-order valence-corrected chi connectivity index (χ1v) is 13.3. The molecule has 0 atom stereocenters. The van der Waals surface area contributed by atoms with Crippen LogP contribution < -0.4 is 0 Å². The van der Waals surface area contributed by atoms with E-state index in [0.29, 0.717) is 5.56 Å². The van der Waals surface area contributed by atoms with Gasteiger partial charge in [-0.15, -0.1) is 0 Å². The lowest BCUT2D eigenvalue weighted by Gasteiger charge is -2.31. The van der Waals surface area contributed by atoms with Crippen molar-refractivity contribution < 1.29 is 42.1 Å². The summed E-state index contributed by atoms with van der Waals surface area (Å²) < 4.78 is 55.5. The van der Waals surface area contributed by atoms with Crippen LogP contribution in [-0.4, -0.2) is 47.3 Å². The fourth-order valence-corrected chi connectivity index (χ4v) is 4.55. The Morgan fingerprint density at radius 3 is 1.38 bits per heavy atom. The number of hydrogen-bond donors (Lipinski definition) is 0. The van der Waals surface area contributed by atoms with Gasteiger partial charge in [0.2, 0.25) is 0 Å². The van der Waals surface area contributed by atoms with E-state index in [2.05, 4.69) is 49.9 Å². The molecule has 0 saturated carbocycles. The topological polar surface area (TPSA) is 80.3 Å². The minimum Gasteiger partial charge on any atom is -0.469 e. The van der Waals surface area contributed by atoms with Crippen LogP contribution in [0.2, 0.25) is 0 Å². The van der Waals surface area contributed by atoms with Gasteiger partial charge in [-0.05, 0) is 88.5 Å². The van der Waals surface area contributed by atoms with Gasteiger partial charge in [-0.1, -0.05) is 14.9 Å². The monoisotopic (exact) mass is 780 g/mol. The normalized spacial score (nSPS) is 10.9. The third kappa shape index (κ3) is 11.3. The lowest BCUT2D eigenvalue weighted by Crippen LogP contribution is -2.33. The molecule has 0 bridgehead atoms. The number of hydrogen-bond acceptors (Lipinski definition) is 7. The summed E-state index contributed by atoms with van der Waals surface area (Å²) in [5.41, 5.74) is 0.592. The van der Waals surface area contributed by atoms with Crippen molar-refractivity contribution in [2.75, 3.05) is 35.5 Å². The van der Waals surface area contributed by atoms with Crippen molar-refractivity contribution in [3.05, 3.63) is 66.3 Å². The van der Waals surface area contributed by atoms with E-state index in [1.165, 1.54) is 54.6 Å². The summed E-state index contributed by atoms with van der Waals surface area (Å²) >= 11 is 4.17. The Morgan fingerprint density at radius 2 is 1.08 bits per heavy atom. The van der Waals surface area contributed by atoms with E-state index in [9.17, 15) is 18.4 Å². The largest absolute Gasteiger partial charge is 0.469 e. The average molecular weight is 780 g/mol. The number of carbonyl (C=O) groups is 2. The first-order valence-electron chi connectivity index (χ1n) is 11.1. The highest BCUT2D eigenvalue weighted by Gasteiger charge is 2.36. The Hall–Kier alpha value is -1.26. The van der Waals surface area contributed by atoms with Crippen LogP contribution >= 0.6 is 45.2 Å². The standard InChI is InChI=1S/C13H16FIO4.C13H16FIO3.2CH4/c1-17-12(16)6-7-13(18-2,19-3)10-8-9(15)4-5-11(10)14;1-9(16)6-7-13(17-2,18-3)11-8-10(15)4-5-12(11)14;;/h4-5,8H,6-7H2,1-3H3;4-5,8H,6-7H2,1-3H3;2*1H4. The Balaban J connectivity index is 0. The molecule has 0 aromatic heterocycles. The van der Waals surface area contributed by atoms with E-state index in [1.54, 1.807) is 24.3 Å². The third-order valence-electron chi connectivity index (χ3n) is 5.69. The predicted octanol–water partition coefficient (Wildman–Crippen LogP) is 7.35. The molecule has 0 radical (unpaired) electrons. The van der Waals surface area contributed by atoms with Crippen molar-refractivity contribution in [1.29, 1.82) is 0 Å². The Labute approximate surface area is 258 Å². The number of esters is 1. The maximum absolute atomic E-state index is 14.0. The quantitative estimate of drug-likeness (QED) is 0.127. The summed E-state index contributed by atoms with van der Waals surface area (Å²) in [6.45, 7) is 1.49. The molecule has 7 nitrogen and oxygen atoms in total. The molecule has 39 heavy (non-hydrogen) atoms. The second kappa shape index (κ2) is 19.0. The summed E-state index contributed by atoms with van der Waals surface area (Å²) in [5.74, 6) is -3.73. The summed E-state index contributed by atoms with van der Waals surface area (Å²) in [5, 5.41) is 0. The molecule has 11 heteroatoms. The molecule has 0 amide bonds. The molecule has 0 heterocycles. The lowest BCUT2D eigenvalue weighted by molar-refractivity contribution is -0.223. The van der Waals surface area contributed by atoms with Gasteiger partial charge in [0.25, 0.3) is 0 Å². The molecule has 2 aromatic carbocycles. The van der Waals surface area contributed by atoms with Gasteiger partial charge in [0.05, 0.1) is 13.5 Å². The molecule has 0 spiro atoms. The second-order valence-corrected chi connectivity index (χ2v) is 10.3. The zero-order valence-electron chi connectivity index (χ0n) is 21.7. The molecule has 2 rings (SSSR count). The van der Waals surface area contributed by atoms with E-state index >= 15 is 0 Å². The first kappa shape index (κ1) is 39.9. The van der Waals surface area contributed by atoms with Crippen molar-refractivity contribution in [3.63, 3.8) is 0 Å². The van der Waals surface area contributed by atoms with E-state index in [1.807, 2.05) is 0 Å². The maximum Gasteiger partial charge on any atom is 0.305 e. The smallest absolute Gasteiger partial charge is 0.305 e. The van der Waals surface area contributed by atoms with Crippen LogP contribution in [0.3, 0.4) is 0 Å². The van der Waals surface area contributed by atoms with E-state index in [-0.39, 0.29) is 51.9 Å². The molecule has 0 N–H and O–H groups in total. The Bertz CT molecular complexity index is 1040. The van der Waals surface area contributed by atoms with Crippen LogP contribution in [0.25, 0.3) is 0 Å². The van der Waals surface area contributed by atoms with Crippen LogP contribution in [-0.2, 0) is 44.8 Å². The molecular formula is C28H40F2I2O7. The lowest BCUT2D eigenvalue weighted by atomic mass is 9.98. The number of carbonyl (C=O) groups excluding carboxylic acids is 2. The number of benzene rings is 2. The molecule has 0 aliphatic heterocycles. The molecule has 222 valence electrons. The van der Waals surface area contributed by atoms with Gasteiger partial charge in [-0.25, -0.2) is 8.78 Å². The predicted molar refractivity (Wildman–Crippen MR) is 164 cm³/mol. The highest BCUT2D eigenvalue weighted by molar-refractivity contribution is 14.1. The molecule has 0 aliphatic carbocycles. The number of ketones is 1. The van der Waals surface area contributed by atoms with Crippen molar-refractivity contribution >= 4 is 56.9 Å². The van der Waals surface area contributed by atoms with Gasteiger partial charge in [-0.3, -0.25) is 4.79 Å². The highest BCUT2D eigenvalue weighted by atomic mass is 127. The molecule has 0 aliphatic rings. The Kier molecular flexibility index (Phi) is 19.4. The molecule has 0 saturated heterocycles. The van der Waals surface area contributed by atoms with E-state index in [4.69, 9.17) is 18.9 Å². The number of methoxy groups -OCH3 is 5. The van der Waals surface area contributed by atoms with E-state index in [0.717, 1.165) is 7.14 Å². The average Bonchev–Trinajstić information content (AvgIpc) is 2.89. The van der Waals surface area contributed by atoms with Crippen LogP contribution in [0.4, 0.5) is 8.78 Å². The van der Waals surface area contributed by atoms with Crippen molar-refractivity contribution in [3.8, 4) is 0 Å². The third-order valence-corrected chi connectivity index (χ3v) is 7.03. The summed E-state index contributed by atoms with van der Waals surface area (Å²) in [7, 11) is 7.03. The first-order chi connectivity index (χ1) is 17.4. The minimum atomic E-state index is -1.29. The fourth-order valence-electron chi connectivity index (χ4n) is 3.57. The van der Waals surface area contributed by atoms with Gasteiger partial charge >= 0.3 is 5.97 Å².